The van der Waals surface area contributed by atoms with Gasteiger partial charge in [0.2, 0.25) is 0 Å². The lowest BCUT2D eigenvalue weighted by Gasteiger charge is -2.18. The molecule has 4 rings (SSSR count). The number of carbonyl (C=O) groups is 1. The molecule has 142 valence electrons. The number of aliphatic carboxylic acids is 1. The van der Waals surface area contributed by atoms with E-state index < -0.39 is 28.8 Å². The van der Waals surface area contributed by atoms with Gasteiger partial charge in [-0.15, -0.1) is 0 Å². The molecule has 4 nitrogen and oxygen atoms in total. The summed E-state index contributed by atoms with van der Waals surface area (Å²) < 4.78 is 40.2. The second kappa shape index (κ2) is 5.94. The Bertz CT molecular complexity index is 909. The highest BCUT2D eigenvalue weighted by Gasteiger charge is 2.52. The maximum atomic E-state index is 14.4. The second-order valence-corrected chi connectivity index (χ2v) is 7.89. The van der Waals surface area contributed by atoms with Gasteiger partial charge in [-0.3, -0.25) is 4.79 Å². The Morgan fingerprint density at radius 1 is 1.22 bits per heavy atom. The lowest BCUT2D eigenvalue weighted by atomic mass is 9.96. The highest BCUT2D eigenvalue weighted by molar-refractivity contribution is 5.85. The summed E-state index contributed by atoms with van der Waals surface area (Å²) in [6, 6.07) is 7.75. The number of ether oxygens (including phenoxy) is 2. The molecule has 27 heavy (non-hydrogen) atoms. The first-order valence-corrected chi connectivity index (χ1v) is 8.87. The Kier molecular flexibility index (Phi) is 3.91. The van der Waals surface area contributed by atoms with Gasteiger partial charge >= 0.3 is 5.97 Å². The molecular weight excluding hydrogens is 354 g/mol. The maximum Gasteiger partial charge on any atom is 0.314 e. The van der Waals surface area contributed by atoms with E-state index >= 15 is 0 Å². The van der Waals surface area contributed by atoms with Gasteiger partial charge in [0.1, 0.15) is 18.0 Å². The van der Waals surface area contributed by atoms with E-state index in [0.717, 1.165) is 24.1 Å². The van der Waals surface area contributed by atoms with E-state index in [4.69, 9.17) is 9.47 Å². The van der Waals surface area contributed by atoms with Crippen LogP contribution in [0.2, 0.25) is 0 Å². The van der Waals surface area contributed by atoms with Crippen molar-refractivity contribution in [3.8, 4) is 11.5 Å². The average Bonchev–Trinajstić information content (AvgIpc) is 3.32. The number of para-hydroxylation sites is 1. The van der Waals surface area contributed by atoms with E-state index in [9.17, 15) is 18.7 Å². The largest absolute Gasteiger partial charge is 0.487 e. The lowest BCUT2D eigenvalue weighted by molar-refractivity contribution is -0.140. The molecule has 1 aliphatic carbocycles. The number of carboxylic acid groups (broad SMARTS) is 1. The summed E-state index contributed by atoms with van der Waals surface area (Å²) >= 11 is 0. The predicted molar refractivity (Wildman–Crippen MR) is 94.1 cm³/mol. The Morgan fingerprint density at radius 2 is 1.89 bits per heavy atom. The highest BCUT2D eigenvalue weighted by atomic mass is 19.1. The van der Waals surface area contributed by atoms with Crippen LogP contribution in [0.3, 0.4) is 0 Å². The van der Waals surface area contributed by atoms with Crippen LogP contribution in [0.1, 0.15) is 43.4 Å². The molecule has 6 heteroatoms. The fraction of sp³-hybridized carbons (Fsp3) is 0.381. The van der Waals surface area contributed by atoms with Crippen LogP contribution in [0.4, 0.5) is 8.78 Å². The van der Waals surface area contributed by atoms with Gasteiger partial charge in [-0.1, -0.05) is 18.2 Å². The van der Waals surface area contributed by atoms with Crippen molar-refractivity contribution in [1.82, 2.24) is 0 Å². The third-order valence-electron chi connectivity index (χ3n) is 5.25. The van der Waals surface area contributed by atoms with Gasteiger partial charge in [-0.2, -0.15) is 0 Å². The van der Waals surface area contributed by atoms with Crippen LogP contribution in [-0.2, 0) is 23.2 Å². The fourth-order valence-corrected chi connectivity index (χ4v) is 3.67. The molecule has 2 aliphatic rings. The smallest absolute Gasteiger partial charge is 0.314 e. The first kappa shape index (κ1) is 17.8. The first-order valence-electron chi connectivity index (χ1n) is 8.87. The molecule has 0 unspecified atom stereocenters. The van der Waals surface area contributed by atoms with Gasteiger partial charge in [-0.25, -0.2) is 8.78 Å². The molecule has 1 N–H and O–H groups in total. The van der Waals surface area contributed by atoms with Crippen LogP contribution in [-0.4, -0.2) is 16.7 Å². The number of fused-ring (bicyclic) bond motifs is 1. The fourth-order valence-electron chi connectivity index (χ4n) is 3.67. The Morgan fingerprint density at radius 3 is 2.48 bits per heavy atom. The summed E-state index contributed by atoms with van der Waals surface area (Å²) in [5, 5.41) is 9.30. The van der Waals surface area contributed by atoms with Gasteiger partial charge in [0.05, 0.1) is 5.41 Å². The molecule has 0 spiro atoms. The van der Waals surface area contributed by atoms with E-state index in [-0.39, 0.29) is 17.8 Å². The molecule has 1 saturated carbocycles. The van der Waals surface area contributed by atoms with Crippen molar-refractivity contribution in [1.29, 1.82) is 0 Å². The summed E-state index contributed by atoms with van der Waals surface area (Å²) in [4.78, 5) is 11.4. The number of hydrogen-bond donors (Lipinski definition) is 1. The van der Waals surface area contributed by atoms with Crippen LogP contribution in [0.25, 0.3) is 0 Å². The van der Waals surface area contributed by atoms with Crippen molar-refractivity contribution >= 4 is 5.97 Å². The van der Waals surface area contributed by atoms with Crippen LogP contribution < -0.4 is 9.47 Å². The zero-order chi connectivity index (χ0) is 19.4. The van der Waals surface area contributed by atoms with Crippen LogP contribution >= 0.6 is 0 Å². The topological polar surface area (TPSA) is 55.8 Å². The quantitative estimate of drug-likeness (QED) is 0.844. The third kappa shape index (κ3) is 3.03. The zero-order valence-corrected chi connectivity index (χ0v) is 15.1. The van der Waals surface area contributed by atoms with Crippen LogP contribution in [0.5, 0.6) is 11.5 Å². The standard InChI is InChI=1S/C21H20F2O4/c1-20(2)10-12-4-3-5-13(17(12)27-20)11-26-18-15(22)8-14(9-16(18)23)21(6-7-21)19(24)25/h3-5,8-9H,6-7,10-11H2,1-2H3,(H,24,25). The molecule has 0 amide bonds. The van der Waals surface area contributed by atoms with Crippen molar-refractivity contribution in [2.24, 2.45) is 0 Å². The van der Waals surface area contributed by atoms with Gasteiger partial charge < -0.3 is 14.6 Å². The lowest BCUT2D eigenvalue weighted by Crippen LogP contribution is -2.25. The van der Waals surface area contributed by atoms with Crippen molar-refractivity contribution in [3.05, 3.63) is 58.7 Å². The molecule has 0 atom stereocenters. The highest BCUT2D eigenvalue weighted by Crippen LogP contribution is 2.49. The van der Waals surface area contributed by atoms with E-state index in [0.29, 0.717) is 24.2 Å². The molecule has 1 fully saturated rings. The van der Waals surface area contributed by atoms with E-state index in [1.165, 1.54) is 0 Å². The number of benzene rings is 2. The average molecular weight is 374 g/mol. The van der Waals surface area contributed by atoms with Crippen molar-refractivity contribution in [2.45, 2.75) is 50.7 Å². The van der Waals surface area contributed by atoms with Crippen LogP contribution in [0.15, 0.2) is 30.3 Å². The summed E-state index contributed by atoms with van der Waals surface area (Å²) in [6.45, 7) is 3.91. The summed E-state index contributed by atoms with van der Waals surface area (Å²) in [5.41, 5.74) is 0.397. The Labute approximate surface area is 155 Å². The molecule has 2 aromatic rings. The molecule has 1 aliphatic heterocycles. The summed E-state index contributed by atoms with van der Waals surface area (Å²) in [6.07, 6.45) is 1.51. The Hall–Kier alpha value is -2.63. The number of carboxylic acids is 1. The van der Waals surface area contributed by atoms with Crippen molar-refractivity contribution < 1.29 is 28.2 Å². The summed E-state index contributed by atoms with van der Waals surface area (Å²) in [7, 11) is 0. The predicted octanol–water partition coefficient (Wildman–Crippen LogP) is 4.37. The summed E-state index contributed by atoms with van der Waals surface area (Å²) in [5.74, 6) is -2.66. The molecule has 0 saturated heterocycles. The molecule has 0 aromatic heterocycles. The van der Waals surface area contributed by atoms with E-state index in [1.807, 2.05) is 26.0 Å². The normalized spacial score (nSPS) is 18.5. The van der Waals surface area contributed by atoms with Gasteiger partial charge in [0.15, 0.2) is 17.4 Å². The first-order chi connectivity index (χ1) is 12.7. The van der Waals surface area contributed by atoms with Crippen LogP contribution in [0, 0.1) is 11.6 Å². The number of rotatable bonds is 5. The number of halogens is 2. The monoisotopic (exact) mass is 374 g/mol. The SMILES string of the molecule is CC1(C)Cc2cccc(COc3c(F)cc(C4(C(=O)O)CC4)cc3F)c2O1. The molecule has 0 radical (unpaired) electrons. The zero-order valence-electron chi connectivity index (χ0n) is 15.1. The molecular formula is C21H20F2O4. The molecule has 1 heterocycles. The van der Waals surface area contributed by atoms with E-state index in [2.05, 4.69) is 0 Å². The minimum absolute atomic E-state index is 0.0451. The minimum Gasteiger partial charge on any atom is -0.487 e. The minimum atomic E-state index is -1.17. The van der Waals surface area contributed by atoms with E-state index in [1.54, 1.807) is 6.07 Å². The van der Waals surface area contributed by atoms with Gasteiger partial charge in [-0.05, 0) is 49.9 Å². The molecule has 0 bridgehead atoms. The Balaban J connectivity index is 1.57. The van der Waals surface area contributed by atoms with Crippen molar-refractivity contribution in [2.75, 3.05) is 0 Å². The van der Waals surface area contributed by atoms with Crippen molar-refractivity contribution in [3.63, 3.8) is 0 Å². The van der Waals surface area contributed by atoms with Gasteiger partial charge in [0.25, 0.3) is 0 Å². The maximum absolute atomic E-state index is 14.4. The third-order valence-corrected chi connectivity index (χ3v) is 5.25. The second-order valence-electron chi connectivity index (χ2n) is 7.89. The van der Waals surface area contributed by atoms with Gasteiger partial charge in [0, 0.05) is 12.0 Å². The number of hydrogen-bond acceptors (Lipinski definition) is 3. The molecule has 2 aromatic carbocycles.